The number of aryl methyl sites for hydroxylation is 1. The molecular weight excluding hydrogens is 353 g/mol. The molecule has 0 radical (unpaired) electrons. The summed E-state index contributed by atoms with van der Waals surface area (Å²) in [6, 6.07) is 20.7. The lowest BCUT2D eigenvalue weighted by Gasteiger charge is -2.18. The predicted molar refractivity (Wildman–Crippen MR) is 108 cm³/mol. The summed E-state index contributed by atoms with van der Waals surface area (Å²) in [5, 5.41) is 2.77. The summed E-state index contributed by atoms with van der Waals surface area (Å²) in [6.07, 6.45) is 1.84. The highest BCUT2D eigenvalue weighted by Gasteiger charge is 2.18. The van der Waals surface area contributed by atoms with Crippen molar-refractivity contribution >= 4 is 12.0 Å². The zero-order valence-electron chi connectivity index (χ0n) is 15.5. The Morgan fingerprint density at radius 3 is 2.57 bits per heavy atom. The van der Waals surface area contributed by atoms with Crippen LogP contribution in [0.5, 0.6) is 5.75 Å². The molecule has 0 bridgehead atoms. The number of ether oxygens (including phenoxy) is 1. The Balaban J connectivity index is 1.53. The molecule has 0 fully saturated rings. The molecule has 3 nitrogen and oxygen atoms in total. The standard InChI is InChI=1S/C24H20FNO2/c1-16-6-8-17(9-7-16)18-10-11-23-20(12-18)13-21(15-28-23)24(27)26-14-19-4-2-3-5-22(19)25/h2-13H,14-15H2,1H3,(H,26,27). The summed E-state index contributed by atoms with van der Waals surface area (Å²) in [5.74, 6) is 0.168. The van der Waals surface area contributed by atoms with Crippen molar-refractivity contribution in [2.24, 2.45) is 0 Å². The van der Waals surface area contributed by atoms with Gasteiger partial charge in [-0.05, 0) is 42.3 Å². The van der Waals surface area contributed by atoms with Crippen molar-refractivity contribution < 1.29 is 13.9 Å². The van der Waals surface area contributed by atoms with E-state index in [4.69, 9.17) is 4.74 Å². The molecule has 28 heavy (non-hydrogen) atoms. The monoisotopic (exact) mass is 373 g/mol. The molecule has 0 aliphatic carbocycles. The lowest BCUT2D eigenvalue weighted by atomic mass is 9.99. The van der Waals surface area contributed by atoms with Crippen molar-refractivity contribution in [1.29, 1.82) is 0 Å². The molecule has 0 saturated carbocycles. The second-order valence-corrected chi connectivity index (χ2v) is 6.85. The Morgan fingerprint density at radius 1 is 1.04 bits per heavy atom. The minimum atomic E-state index is -0.329. The molecule has 0 unspecified atom stereocenters. The molecule has 0 aromatic heterocycles. The van der Waals surface area contributed by atoms with E-state index in [0.29, 0.717) is 11.1 Å². The molecule has 1 amide bonds. The van der Waals surface area contributed by atoms with Crippen molar-refractivity contribution in [2.45, 2.75) is 13.5 Å². The average Bonchev–Trinajstić information content (AvgIpc) is 2.72. The first-order chi connectivity index (χ1) is 13.6. The van der Waals surface area contributed by atoms with Gasteiger partial charge in [0.05, 0.1) is 5.57 Å². The van der Waals surface area contributed by atoms with E-state index in [2.05, 4.69) is 36.5 Å². The minimum absolute atomic E-state index is 0.138. The van der Waals surface area contributed by atoms with Crippen LogP contribution in [0.1, 0.15) is 16.7 Å². The van der Waals surface area contributed by atoms with E-state index in [9.17, 15) is 9.18 Å². The van der Waals surface area contributed by atoms with Crippen LogP contribution in [0, 0.1) is 12.7 Å². The van der Waals surface area contributed by atoms with Gasteiger partial charge in [-0.15, -0.1) is 0 Å². The molecule has 1 heterocycles. The number of carbonyl (C=O) groups is 1. The number of nitrogens with one attached hydrogen (secondary N) is 1. The smallest absolute Gasteiger partial charge is 0.250 e. The van der Waals surface area contributed by atoms with Gasteiger partial charge in [0.1, 0.15) is 18.2 Å². The third-order valence-corrected chi connectivity index (χ3v) is 4.80. The number of rotatable bonds is 4. The van der Waals surface area contributed by atoms with Crippen molar-refractivity contribution in [2.75, 3.05) is 6.61 Å². The maximum Gasteiger partial charge on any atom is 0.250 e. The summed E-state index contributed by atoms with van der Waals surface area (Å²) in [5.41, 5.74) is 5.21. The fourth-order valence-corrected chi connectivity index (χ4v) is 3.17. The van der Waals surface area contributed by atoms with E-state index in [1.165, 1.54) is 11.6 Å². The average molecular weight is 373 g/mol. The quantitative estimate of drug-likeness (QED) is 0.707. The summed E-state index contributed by atoms with van der Waals surface area (Å²) in [6.45, 7) is 2.39. The minimum Gasteiger partial charge on any atom is -0.488 e. The third kappa shape index (κ3) is 3.81. The van der Waals surface area contributed by atoms with Gasteiger partial charge in [-0.1, -0.05) is 54.1 Å². The molecule has 1 N–H and O–H groups in total. The van der Waals surface area contributed by atoms with E-state index in [0.717, 1.165) is 22.4 Å². The number of amides is 1. The Labute approximate surface area is 163 Å². The summed E-state index contributed by atoms with van der Waals surface area (Å²) in [4.78, 5) is 12.5. The van der Waals surface area contributed by atoms with Gasteiger partial charge in [0.2, 0.25) is 0 Å². The van der Waals surface area contributed by atoms with E-state index >= 15 is 0 Å². The van der Waals surface area contributed by atoms with E-state index < -0.39 is 0 Å². The van der Waals surface area contributed by atoms with Crippen LogP contribution < -0.4 is 10.1 Å². The molecule has 140 valence electrons. The second kappa shape index (κ2) is 7.69. The Kier molecular flexibility index (Phi) is 4.94. The maximum absolute atomic E-state index is 13.7. The predicted octanol–water partition coefficient (Wildman–Crippen LogP) is 4.89. The van der Waals surface area contributed by atoms with Gasteiger partial charge in [0.15, 0.2) is 0 Å². The lowest BCUT2D eigenvalue weighted by Crippen LogP contribution is -2.28. The van der Waals surface area contributed by atoms with Gasteiger partial charge in [-0.3, -0.25) is 4.79 Å². The van der Waals surface area contributed by atoms with Gasteiger partial charge in [0, 0.05) is 17.7 Å². The lowest BCUT2D eigenvalue weighted by molar-refractivity contribution is -0.117. The van der Waals surface area contributed by atoms with E-state index in [1.54, 1.807) is 18.2 Å². The first-order valence-corrected chi connectivity index (χ1v) is 9.16. The second-order valence-electron chi connectivity index (χ2n) is 6.85. The Bertz CT molecular complexity index is 1050. The number of carbonyl (C=O) groups excluding carboxylic acids is 1. The molecule has 0 spiro atoms. The maximum atomic E-state index is 13.7. The molecule has 1 aliphatic rings. The first-order valence-electron chi connectivity index (χ1n) is 9.16. The van der Waals surface area contributed by atoms with Crippen molar-refractivity contribution in [3.8, 4) is 16.9 Å². The van der Waals surface area contributed by atoms with E-state index in [-0.39, 0.29) is 24.9 Å². The molecule has 0 atom stereocenters. The molecule has 0 saturated heterocycles. The molecule has 3 aromatic rings. The van der Waals surface area contributed by atoms with Gasteiger partial charge < -0.3 is 10.1 Å². The Morgan fingerprint density at radius 2 is 1.79 bits per heavy atom. The van der Waals surface area contributed by atoms with Gasteiger partial charge >= 0.3 is 0 Å². The summed E-state index contributed by atoms with van der Waals surface area (Å²) < 4.78 is 19.5. The highest BCUT2D eigenvalue weighted by Crippen LogP contribution is 2.31. The van der Waals surface area contributed by atoms with Crippen LogP contribution in [0.3, 0.4) is 0 Å². The first kappa shape index (κ1) is 18.0. The molecular formula is C24H20FNO2. The molecule has 3 aromatic carbocycles. The number of fused-ring (bicyclic) bond motifs is 1. The van der Waals surface area contributed by atoms with Crippen molar-refractivity contribution in [1.82, 2.24) is 5.32 Å². The molecule has 1 aliphatic heterocycles. The number of halogens is 1. The largest absolute Gasteiger partial charge is 0.488 e. The SMILES string of the molecule is Cc1ccc(-c2ccc3c(c2)C=C(C(=O)NCc2ccccc2F)CO3)cc1. The normalized spacial score (nSPS) is 12.6. The zero-order valence-corrected chi connectivity index (χ0v) is 15.5. The van der Waals surface area contributed by atoms with Crippen LogP contribution in [0.4, 0.5) is 4.39 Å². The van der Waals surface area contributed by atoms with Gasteiger partial charge in [-0.2, -0.15) is 0 Å². The highest BCUT2D eigenvalue weighted by atomic mass is 19.1. The Hall–Kier alpha value is -3.40. The van der Waals surface area contributed by atoms with Crippen LogP contribution in [-0.2, 0) is 11.3 Å². The highest BCUT2D eigenvalue weighted by molar-refractivity contribution is 5.99. The fraction of sp³-hybridized carbons (Fsp3) is 0.125. The fourth-order valence-electron chi connectivity index (χ4n) is 3.17. The van der Waals surface area contributed by atoms with Crippen molar-refractivity contribution in [3.63, 3.8) is 0 Å². The van der Waals surface area contributed by atoms with E-state index in [1.807, 2.05) is 24.3 Å². The third-order valence-electron chi connectivity index (χ3n) is 4.80. The van der Waals surface area contributed by atoms with Crippen LogP contribution in [0.2, 0.25) is 0 Å². The van der Waals surface area contributed by atoms with Crippen LogP contribution in [0.25, 0.3) is 17.2 Å². The number of hydrogen-bond acceptors (Lipinski definition) is 2. The number of benzene rings is 3. The number of hydrogen-bond donors (Lipinski definition) is 1. The van der Waals surface area contributed by atoms with Crippen LogP contribution >= 0.6 is 0 Å². The van der Waals surface area contributed by atoms with Gasteiger partial charge in [-0.25, -0.2) is 4.39 Å². The van der Waals surface area contributed by atoms with Gasteiger partial charge in [0.25, 0.3) is 5.91 Å². The molecule has 4 rings (SSSR count). The topological polar surface area (TPSA) is 38.3 Å². The summed E-state index contributed by atoms with van der Waals surface area (Å²) in [7, 11) is 0. The van der Waals surface area contributed by atoms with Crippen LogP contribution in [-0.4, -0.2) is 12.5 Å². The van der Waals surface area contributed by atoms with Crippen molar-refractivity contribution in [3.05, 3.63) is 94.8 Å². The molecule has 4 heteroatoms. The summed E-state index contributed by atoms with van der Waals surface area (Å²) >= 11 is 0. The van der Waals surface area contributed by atoms with Crippen LogP contribution in [0.15, 0.2) is 72.3 Å². The zero-order chi connectivity index (χ0) is 19.5.